The number of rotatable bonds is 5. The SMILES string of the molecule is COc1ccc(CCSc2nnnn2C)cc1. The van der Waals surface area contributed by atoms with Crippen LogP contribution in [0.5, 0.6) is 5.75 Å². The van der Waals surface area contributed by atoms with E-state index in [0.29, 0.717) is 0 Å². The zero-order valence-corrected chi connectivity index (χ0v) is 10.6. The van der Waals surface area contributed by atoms with Crippen LogP contribution in [-0.4, -0.2) is 33.1 Å². The Balaban J connectivity index is 1.83. The molecule has 0 aliphatic heterocycles. The number of hydrogen-bond donors (Lipinski definition) is 0. The molecular weight excluding hydrogens is 236 g/mol. The molecule has 2 aromatic rings. The first kappa shape index (κ1) is 11.9. The van der Waals surface area contributed by atoms with E-state index in [1.54, 1.807) is 23.6 Å². The van der Waals surface area contributed by atoms with E-state index in [1.807, 2.05) is 19.2 Å². The van der Waals surface area contributed by atoms with Crippen molar-refractivity contribution in [3.8, 4) is 5.75 Å². The number of methoxy groups -OCH3 is 1. The van der Waals surface area contributed by atoms with Gasteiger partial charge in [0.25, 0.3) is 0 Å². The summed E-state index contributed by atoms with van der Waals surface area (Å²) in [5, 5.41) is 12.1. The minimum absolute atomic E-state index is 0.846. The van der Waals surface area contributed by atoms with E-state index in [2.05, 4.69) is 27.7 Å². The molecule has 0 spiro atoms. The summed E-state index contributed by atoms with van der Waals surface area (Å²) >= 11 is 1.65. The van der Waals surface area contributed by atoms with Gasteiger partial charge in [0.05, 0.1) is 7.11 Å². The first-order valence-corrected chi connectivity index (χ1v) is 6.26. The lowest BCUT2D eigenvalue weighted by Gasteiger charge is -2.03. The maximum atomic E-state index is 5.11. The van der Waals surface area contributed by atoms with E-state index < -0.39 is 0 Å². The van der Waals surface area contributed by atoms with E-state index in [4.69, 9.17) is 4.74 Å². The molecule has 0 atom stereocenters. The number of tetrazole rings is 1. The molecule has 5 nitrogen and oxygen atoms in total. The van der Waals surface area contributed by atoms with Crippen molar-refractivity contribution in [1.29, 1.82) is 0 Å². The van der Waals surface area contributed by atoms with Crippen LogP contribution in [-0.2, 0) is 13.5 Å². The second-order valence-electron chi connectivity index (χ2n) is 3.53. The third kappa shape index (κ3) is 3.20. The fourth-order valence-electron chi connectivity index (χ4n) is 1.40. The summed E-state index contributed by atoms with van der Waals surface area (Å²) in [6.45, 7) is 0. The topological polar surface area (TPSA) is 52.8 Å². The summed E-state index contributed by atoms with van der Waals surface area (Å²) in [4.78, 5) is 0. The monoisotopic (exact) mass is 250 g/mol. The van der Waals surface area contributed by atoms with Crippen LogP contribution in [0.1, 0.15) is 5.56 Å². The molecule has 0 unspecified atom stereocenters. The molecular formula is C11H14N4OS. The summed E-state index contributed by atoms with van der Waals surface area (Å²) < 4.78 is 6.79. The highest BCUT2D eigenvalue weighted by atomic mass is 32.2. The minimum atomic E-state index is 0.846. The van der Waals surface area contributed by atoms with Crippen LogP contribution in [0.25, 0.3) is 0 Å². The fraction of sp³-hybridized carbons (Fsp3) is 0.364. The van der Waals surface area contributed by atoms with Gasteiger partial charge in [0.1, 0.15) is 5.75 Å². The number of nitrogens with zero attached hydrogens (tertiary/aromatic N) is 4. The highest BCUT2D eigenvalue weighted by molar-refractivity contribution is 7.99. The Labute approximate surface area is 104 Å². The van der Waals surface area contributed by atoms with Gasteiger partial charge in [0, 0.05) is 12.8 Å². The average molecular weight is 250 g/mol. The molecule has 0 saturated heterocycles. The van der Waals surface area contributed by atoms with Crippen molar-refractivity contribution in [3.63, 3.8) is 0 Å². The fourth-order valence-corrected chi connectivity index (χ4v) is 2.23. The lowest BCUT2D eigenvalue weighted by molar-refractivity contribution is 0.414. The number of hydrogen-bond acceptors (Lipinski definition) is 5. The van der Waals surface area contributed by atoms with Crippen molar-refractivity contribution < 1.29 is 4.74 Å². The predicted octanol–water partition coefficient (Wildman–Crippen LogP) is 1.55. The largest absolute Gasteiger partial charge is 0.497 e. The molecule has 1 aromatic heterocycles. The Hall–Kier alpha value is -1.56. The van der Waals surface area contributed by atoms with Crippen molar-refractivity contribution in [2.45, 2.75) is 11.6 Å². The van der Waals surface area contributed by atoms with E-state index in [9.17, 15) is 0 Å². The normalized spacial score (nSPS) is 10.5. The Morgan fingerprint density at radius 2 is 2.06 bits per heavy atom. The zero-order chi connectivity index (χ0) is 12.1. The van der Waals surface area contributed by atoms with E-state index >= 15 is 0 Å². The first-order chi connectivity index (χ1) is 8.29. The van der Waals surface area contributed by atoms with Gasteiger partial charge in [-0.15, -0.1) is 5.10 Å². The van der Waals surface area contributed by atoms with Gasteiger partial charge >= 0.3 is 0 Å². The Morgan fingerprint density at radius 3 is 2.65 bits per heavy atom. The average Bonchev–Trinajstić information content (AvgIpc) is 2.76. The standard InChI is InChI=1S/C11H14N4OS/c1-15-11(12-13-14-15)17-8-7-9-3-5-10(16-2)6-4-9/h3-6H,7-8H2,1-2H3. The van der Waals surface area contributed by atoms with Gasteiger partial charge in [-0.2, -0.15) is 0 Å². The molecule has 0 N–H and O–H groups in total. The van der Waals surface area contributed by atoms with Crippen LogP contribution in [0.2, 0.25) is 0 Å². The van der Waals surface area contributed by atoms with Crippen molar-refractivity contribution in [2.75, 3.05) is 12.9 Å². The molecule has 0 aliphatic carbocycles. The predicted molar refractivity (Wildman–Crippen MR) is 66.2 cm³/mol. The van der Waals surface area contributed by atoms with Crippen LogP contribution < -0.4 is 4.74 Å². The maximum Gasteiger partial charge on any atom is 0.209 e. The van der Waals surface area contributed by atoms with Crippen molar-refractivity contribution in [1.82, 2.24) is 20.2 Å². The van der Waals surface area contributed by atoms with Crippen LogP contribution in [0.4, 0.5) is 0 Å². The summed E-state index contributed by atoms with van der Waals surface area (Å²) in [5.74, 6) is 1.85. The van der Waals surface area contributed by atoms with E-state index in [1.165, 1.54) is 5.56 Å². The van der Waals surface area contributed by atoms with Gasteiger partial charge in [-0.05, 0) is 34.5 Å². The van der Waals surface area contributed by atoms with Gasteiger partial charge < -0.3 is 4.74 Å². The molecule has 0 radical (unpaired) electrons. The molecule has 1 aromatic carbocycles. The highest BCUT2D eigenvalue weighted by Crippen LogP contribution is 2.16. The molecule has 17 heavy (non-hydrogen) atoms. The Kier molecular flexibility index (Phi) is 3.98. The molecule has 2 rings (SSSR count). The third-order valence-electron chi connectivity index (χ3n) is 2.36. The highest BCUT2D eigenvalue weighted by Gasteiger charge is 2.02. The summed E-state index contributed by atoms with van der Waals surface area (Å²) in [7, 11) is 3.52. The van der Waals surface area contributed by atoms with Gasteiger partial charge in [0.15, 0.2) is 0 Å². The second kappa shape index (κ2) is 5.67. The van der Waals surface area contributed by atoms with Gasteiger partial charge in [-0.25, -0.2) is 4.68 Å². The molecule has 0 aliphatic rings. The molecule has 6 heteroatoms. The van der Waals surface area contributed by atoms with Crippen LogP contribution in [0.3, 0.4) is 0 Å². The Morgan fingerprint density at radius 1 is 1.29 bits per heavy atom. The van der Waals surface area contributed by atoms with Crippen molar-refractivity contribution in [3.05, 3.63) is 29.8 Å². The lowest BCUT2D eigenvalue weighted by Crippen LogP contribution is -1.95. The molecule has 0 saturated carbocycles. The van der Waals surface area contributed by atoms with Crippen LogP contribution in [0.15, 0.2) is 29.4 Å². The maximum absolute atomic E-state index is 5.11. The number of aryl methyl sites for hydroxylation is 2. The number of thioether (sulfide) groups is 1. The summed E-state index contributed by atoms with van der Waals surface area (Å²) in [5.41, 5.74) is 1.29. The number of aromatic nitrogens is 4. The van der Waals surface area contributed by atoms with Gasteiger partial charge in [-0.1, -0.05) is 23.9 Å². The van der Waals surface area contributed by atoms with Crippen LogP contribution >= 0.6 is 11.8 Å². The molecule has 0 amide bonds. The smallest absolute Gasteiger partial charge is 0.209 e. The quantitative estimate of drug-likeness (QED) is 0.754. The molecule has 1 heterocycles. The molecule has 0 fully saturated rings. The molecule has 90 valence electrons. The zero-order valence-electron chi connectivity index (χ0n) is 9.83. The van der Waals surface area contributed by atoms with E-state index in [-0.39, 0.29) is 0 Å². The summed E-state index contributed by atoms with van der Waals surface area (Å²) in [6.07, 6.45) is 0.988. The second-order valence-corrected chi connectivity index (χ2v) is 4.59. The summed E-state index contributed by atoms with van der Waals surface area (Å²) in [6, 6.07) is 8.11. The van der Waals surface area contributed by atoms with Crippen molar-refractivity contribution >= 4 is 11.8 Å². The minimum Gasteiger partial charge on any atom is -0.497 e. The first-order valence-electron chi connectivity index (χ1n) is 5.27. The Bertz CT molecular complexity index is 469. The van der Waals surface area contributed by atoms with Crippen LogP contribution in [0, 0.1) is 0 Å². The van der Waals surface area contributed by atoms with E-state index in [0.717, 1.165) is 23.1 Å². The van der Waals surface area contributed by atoms with Gasteiger partial charge in [0.2, 0.25) is 5.16 Å². The number of benzene rings is 1. The van der Waals surface area contributed by atoms with Gasteiger partial charge in [-0.3, -0.25) is 0 Å². The molecule has 0 bridgehead atoms. The third-order valence-corrected chi connectivity index (χ3v) is 3.37. The van der Waals surface area contributed by atoms with Crippen molar-refractivity contribution in [2.24, 2.45) is 7.05 Å². The number of ether oxygens (including phenoxy) is 1. The lowest BCUT2D eigenvalue weighted by atomic mass is 10.2.